The van der Waals surface area contributed by atoms with Crippen LogP contribution in [-0.4, -0.2) is 35.1 Å². The monoisotopic (exact) mass is 171 g/mol. The lowest BCUT2D eigenvalue weighted by atomic mass is 10.3. The van der Waals surface area contributed by atoms with E-state index in [1.165, 1.54) is 12.8 Å². The highest BCUT2D eigenvalue weighted by Crippen LogP contribution is 2.26. The maximum Gasteiger partial charge on any atom is 0.140 e. The Balaban J connectivity index is 2.18. The molecule has 0 unspecified atom stereocenters. The van der Waals surface area contributed by atoms with Gasteiger partial charge in [-0.3, -0.25) is 0 Å². The van der Waals surface area contributed by atoms with Crippen LogP contribution in [0.2, 0.25) is 0 Å². The van der Waals surface area contributed by atoms with Crippen LogP contribution in [-0.2, 0) is 0 Å². The van der Waals surface area contributed by atoms with E-state index in [0.717, 1.165) is 19.1 Å². The normalized spacial score (nSPS) is 18.7. The van der Waals surface area contributed by atoms with Gasteiger partial charge in [-0.15, -0.1) is 0 Å². The van der Waals surface area contributed by atoms with Gasteiger partial charge >= 0.3 is 0 Å². The standard InChI is InChI=1S/C8H17N3O/c1-2-11(7-3-4-7)6-5-8(9)10-12/h7,12H,2-6H2,1H3,(H2,9,10). The minimum Gasteiger partial charge on any atom is -0.409 e. The Morgan fingerprint density at radius 1 is 1.67 bits per heavy atom. The molecule has 0 spiro atoms. The van der Waals surface area contributed by atoms with Gasteiger partial charge in [-0.05, 0) is 19.4 Å². The molecule has 0 amide bonds. The minimum atomic E-state index is 0.328. The van der Waals surface area contributed by atoms with Gasteiger partial charge < -0.3 is 15.8 Å². The molecule has 1 aliphatic carbocycles. The van der Waals surface area contributed by atoms with Gasteiger partial charge in [0.2, 0.25) is 0 Å². The van der Waals surface area contributed by atoms with Crippen molar-refractivity contribution in [2.75, 3.05) is 13.1 Å². The first-order valence-corrected chi connectivity index (χ1v) is 4.48. The van der Waals surface area contributed by atoms with Crippen molar-refractivity contribution in [1.82, 2.24) is 4.90 Å². The molecule has 0 radical (unpaired) electrons. The zero-order chi connectivity index (χ0) is 8.97. The predicted octanol–water partition coefficient (Wildman–Crippen LogP) is 0.607. The van der Waals surface area contributed by atoms with Crippen molar-refractivity contribution < 1.29 is 5.21 Å². The van der Waals surface area contributed by atoms with Crippen molar-refractivity contribution in [2.24, 2.45) is 10.9 Å². The SMILES string of the molecule is CCN(CC/C(N)=N/O)C1CC1. The highest BCUT2D eigenvalue weighted by molar-refractivity contribution is 5.79. The minimum absolute atomic E-state index is 0.328. The van der Waals surface area contributed by atoms with Crippen LogP contribution in [0, 0.1) is 0 Å². The summed E-state index contributed by atoms with van der Waals surface area (Å²) in [6, 6.07) is 0.765. The first kappa shape index (κ1) is 9.32. The van der Waals surface area contributed by atoms with E-state index in [0.29, 0.717) is 12.3 Å². The first-order valence-electron chi connectivity index (χ1n) is 4.48. The number of nitrogens with zero attached hydrogens (tertiary/aromatic N) is 2. The zero-order valence-corrected chi connectivity index (χ0v) is 7.53. The van der Waals surface area contributed by atoms with E-state index < -0.39 is 0 Å². The quantitative estimate of drug-likeness (QED) is 0.276. The van der Waals surface area contributed by atoms with Gasteiger partial charge in [0.25, 0.3) is 0 Å². The van der Waals surface area contributed by atoms with Crippen LogP contribution >= 0.6 is 0 Å². The molecule has 0 aromatic rings. The molecule has 1 rings (SSSR count). The number of oxime groups is 1. The van der Waals surface area contributed by atoms with Crippen LogP contribution in [0.3, 0.4) is 0 Å². The summed E-state index contributed by atoms with van der Waals surface area (Å²) in [5.41, 5.74) is 5.37. The predicted molar refractivity (Wildman–Crippen MR) is 48.3 cm³/mol. The second-order valence-electron chi connectivity index (χ2n) is 3.20. The molecule has 0 atom stereocenters. The van der Waals surface area contributed by atoms with E-state index in [-0.39, 0.29) is 0 Å². The second-order valence-corrected chi connectivity index (χ2v) is 3.20. The third-order valence-corrected chi connectivity index (χ3v) is 2.25. The summed E-state index contributed by atoms with van der Waals surface area (Å²) in [5, 5.41) is 11.3. The van der Waals surface area contributed by atoms with E-state index in [2.05, 4.69) is 17.0 Å². The molecule has 12 heavy (non-hydrogen) atoms. The number of nitrogens with two attached hydrogens (primary N) is 1. The summed E-state index contributed by atoms with van der Waals surface area (Å²) >= 11 is 0. The average Bonchev–Trinajstić information content (AvgIpc) is 2.89. The van der Waals surface area contributed by atoms with E-state index in [4.69, 9.17) is 10.9 Å². The Morgan fingerprint density at radius 2 is 2.33 bits per heavy atom. The fourth-order valence-electron chi connectivity index (χ4n) is 1.35. The maximum absolute atomic E-state index is 8.32. The lowest BCUT2D eigenvalue weighted by molar-refractivity contribution is 0.281. The van der Waals surface area contributed by atoms with Crippen LogP contribution in [0.25, 0.3) is 0 Å². The fourth-order valence-corrected chi connectivity index (χ4v) is 1.35. The van der Waals surface area contributed by atoms with Crippen molar-refractivity contribution in [2.45, 2.75) is 32.2 Å². The molecule has 0 aromatic carbocycles. The molecule has 0 bridgehead atoms. The highest BCUT2D eigenvalue weighted by Gasteiger charge is 2.27. The third-order valence-electron chi connectivity index (χ3n) is 2.25. The molecule has 0 saturated heterocycles. The molecular weight excluding hydrogens is 154 g/mol. The number of amidine groups is 1. The summed E-state index contributed by atoms with van der Waals surface area (Å²) in [4.78, 5) is 2.37. The van der Waals surface area contributed by atoms with Gasteiger partial charge in [0, 0.05) is 19.0 Å². The van der Waals surface area contributed by atoms with Crippen molar-refractivity contribution in [3.63, 3.8) is 0 Å². The maximum atomic E-state index is 8.32. The molecule has 1 fully saturated rings. The van der Waals surface area contributed by atoms with Gasteiger partial charge in [-0.2, -0.15) is 0 Å². The van der Waals surface area contributed by atoms with Gasteiger partial charge in [0.15, 0.2) is 0 Å². The lowest BCUT2D eigenvalue weighted by Crippen LogP contribution is -2.29. The number of hydrogen-bond donors (Lipinski definition) is 2. The molecule has 3 N–H and O–H groups in total. The average molecular weight is 171 g/mol. The largest absolute Gasteiger partial charge is 0.409 e. The van der Waals surface area contributed by atoms with Crippen LogP contribution in [0.4, 0.5) is 0 Å². The number of rotatable bonds is 5. The Kier molecular flexibility index (Phi) is 3.34. The first-order chi connectivity index (χ1) is 5.77. The van der Waals surface area contributed by atoms with Gasteiger partial charge in [0.05, 0.1) is 0 Å². The molecular formula is C8H17N3O. The molecule has 70 valence electrons. The molecule has 4 heteroatoms. The zero-order valence-electron chi connectivity index (χ0n) is 7.53. The summed E-state index contributed by atoms with van der Waals surface area (Å²) < 4.78 is 0. The number of hydrogen-bond acceptors (Lipinski definition) is 3. The third kappa shape index (κ3) is 2.70. The topological polar surface area (TPSA) is 61.8 Å². The summed E-state index contributed by atoms with van der Waals surface area (Å²) in [5.74, 6) is 0.328. The van der Waals surface area contributed by atoms with E-state index >= 15 is 0 Å². The molecule has 0 heterocycles. The smallest absolute Gasteiger partial charge is 0.140 e. The van der Waals surface area contributed by atoms with Crippen molar-refractivity contribution in [1.29, 1.82) is 0 Å². The summed E-state index contributed by atoms with van der Waals surface area (Å²) in [6.45, 7) is 4.12. The Morgan fingerprint density at radius 3 is 2.75 bits per heavy atom. The van der Waals surface area contributed by atoms with Crippen molar-refractivity contribution in [3.05, 3.63) is 0 Å². The summed E-state index contributed by atoms with van der Waals surface area (Å²) in [7, 11) is 0. The van der Waals surface area contributed by atoms with E-state index in [9.17, 15) is 0 Å². The second kappa shape index (κ2) is 4.30. The Labute approximate surface area is 73.0 Å². The van der Waals surface area contributed by atoms with E-state index in [1.54, 1.807) is 0 Å². The van der Waals surface area contributed by atoms with Crippen LogP contribution in [0.1, 0.15) is 26.2 Å². The van der Waals surface area contributed by atoms with Gasteiger partial charge in [-0.25, -0.2) is 0 Å². The Bertz CT molecular complexity index is 166. The van der Waals surface area contributed by atoms with Crippen molar-refractivity contribution >= 4 is 5.84 Å². The molecule has 4 nitrogen and oxygen atoms in total. The van der Waals surface area contributed by atoms with Gasteiger partial charge in [-0.1, -0.05) is 12.1 Å². The van der Waals surface area contributed by atoms with Crippen LogP contribution < -0.4 is 5.73 Å². The Hall–Kier alpha value is -0.770. The van der Waals surface area contributed by atoms with Crippen molar-refractivity contribution in [3.8, 4) is 0 Å². The van der Waals surface area contributed by atoms with E-state index in [1.807, 2.05) is 0 Å². The molecule has 0 aliphatic heterocycles. The summed E-state index contributed by atoms with van der Waals surface area (Å²) in [6.07, 6.45) is 3.29. The lowest BCUT2D eigenvalue weighted by Gasteiger charge is -2.18. The van der Waals surface area contributed by atoms with Gasteiger partial charge in [0.1, 0.15) is 5.84 Å². The molecule has 1 saturated carbocycles. The fraction of sp³-hybridized carbons (Fsp3) is 0.875. The highest BCUT2D eigenvalue weighted by atomic mass is 16.4. The van der Waals surface area contributed by atoms with Crippen LogP contribution in [0.5, 0.6) is 0 Å². The molecule has 1 aliphatic rings. The van der Waals surface area contributed by atoms with Crippen LogP contribution in [0.15, 0.2) is 5.16 Å². The molecule has 0 aromatic heterocycles.